The number of carboxylic acids is 1. The van der Waals surface area contributed by atoms with Crippen molar-refractivity contribution in [2.24, 2.45) is 0 Å². The monoisotopic (exact) mass is 398 g/mol. The number of hydrogen-bond donors (Lipinski definition) is 2. The Balaban J connectivity index is 2.00. The Morgan fingerprint density at radius 3 is 2.25 bits per heavy atom. The van der Waals surface area contributed by atoms with Crippen molar-refractivity contribution < 1.29 is 18.3 Å². The van der Waals surface area contributed by atoms with Gasteiger partial charge in [0.25, 0.3) is 0 Å². The Kier molecular flexibility index (Phi) is 5.67. The van der Waals surface area contributed by atoms with Crippen LogP contribution in [0.5, 0.6) is 0 Å². The highest BCUT2D eigenvalue weighted by Crippen LogP contribution is 2.30. The Morgan fingerprint density at radius 1 is 0.964 bits per heavy atom. The van der Waals surface area contributed by atoms with Gasteiger partial charge in [-0.05, 0) is 24.1 Å². The number of aliphatic carboxylic acids is 1. The van der Waals surface area contributed by atoms with E-state index >= 15 is 0 Å². The normalized spacial score (nSPS) is 12.6. The van der Waals surface area contributed by atoms with E-state index in [1.165, 1.54) is 6.07 Å². The number of nitrogens with one attached hydrogen (secondary N) is 1. The third kappa shape index (κ3) is 4.16. The minimum Gasteiger partial charge on any atom is -0.480 e. The van der Waals surface area contributed by atoms with Gasteiger partial charge in [-0.15, -0.1) is 0 Å². The van der Waals surface area contributed by atoms with E-state index in [0.29, 0.717) is 5.39 Å². The number of anilines is 1. The summed E-state index contributed by atoms with van der Waals surface area (Å²) >= 11 is 0. The molecule has 0 aliphatic rings. The molecule has 0 aromatic heterocycles. The maximum absolute atomic E-state index is 13.0. The number of rotatable bonds is 7. The second kappa shape index (κ2) is 8.00. The molecule has 0 heterocycles. The zero-order chi connectivity index (χ0) is 20.3. The fourth-order valence-electron chi connectivity index (χ4n) is 3.17. The number of sulfonamides is 1. The average Bonchev–Trinajstić information content (AvgIpc) is 2.67. The molecule has 0 amide bonds. The lowest BCUT2D eigenvalue weighted by atomic mass is 10.1. The van der Waals surface area contributed by atoms with E-state index in [2.05, 4.69) is 4.72 Å². The first-order valence-corrected chi connectivity index (χ1v) is 10.3. The summed E-state index contributed by atoms with van der Waals surface area (Å²) in [4.78, 5) is 13.7. The van der Waals surface area contributed by atoms with Crippen molar-refractivity contribution in [2.45, 2.75) is 17.4 Å². The highest BCUT2D eigenvalue weighted by atomic mass is 32.2. The van der Waals surface area contributed by atoms with E-state index in [-0.39, 0.29) is 11.3 Å². The first kappa shape index (κ1) is 19.9. The molecule has 0 aliphatic carbocycles. The first-order valence-electron chi connectivity index (χ1n) is 8.78. The zero-order valence-corrected chi connectivity index (χ0v) is 16.5. The van der Waals surface area contributed by atoms with Crippen molar-refractivity contribution in [1.29, 1.82) is 0 Å². The number of fused-ring (bicyclic) bond motifs is 1. The van der Waals surface area contributed by atoms with Crippen LogP contribution >= 0.6 is 0 Å². The van der Waals surface area contributed by atoms with Crippen LogP contribution < -0.4 is 9.62 Å². The van der Waals surface area contributed by atoms with Crippen molar-refractivity contribution in [1.82, 2.24) is 4.72 Å². The van der Waals surface area contributed by atoms with Gasteiger partial charge in [-0.3, -0.25) is 4.79 Å². The van der Waals surface area contributed by atoms with Crippen molar-refractivity contribution in [3.8, 4) is 0 Å². The summed E-state index contributed by atoms with van der Waals surface area (Å²) < 4.78 is 28.4. The predicted octanol–water partition coefficient (Wildman–Crippen LogP) is 2.88. The van der Waals surface area contributed by atoms with E-state index in [1.807, 2.05) is 37.2 Å². The Hall–Kier alpha value is -2.90. The lowest BCUT2D eigenvalue weighted by Crippen LogP contribution is -2.42. The molecule has 2 N–H and O–H groups in total. The van der Waals surface area contributed by atoms with Crippen LogP contribution in [-0.2, 0) is 21.2 Å². The minimum absolute atomic E-state index is 0.0586. The van der Waals surface area contributed by atoms with E-state index < -0.39 is 22.0 Å². The van der Waals surface area contributed by atoms with Gasteiger partial charge in [0, 0.05) is 30.6 Å². The maximum atomic E-state index is 13.0. The van der Waals surface area contributed by atoms with Crippen LogP contribution in [0.1, 0.15) is 5.56 Å². The topological polar surface area (TPSA) is 86.7 Å². The molecule has 0 radical (unpaired) electrons. The van der Waals surface area contributed by atoms with E-state index in [4.69, 9.17) is 0 Å². The molecular weight excluding hydrogens is 376 g/mol. The molecule has 0 unspecified atom stereocenters. The summed E-state index contributed by atoms with van der Waals surface area (Å²) in [6.07, 6.45) is 0.0586. The van der Waals surface area contributed by atoms with Gasteiger partial charge in [0.2, 0.25) is 10.0 Å². The maximum Gasteiger partial charge on any atom is 0.322 e. The summed E-state index contributed by atoms with van der Waals surface area (Å²) in [6.45, 7) is 0. The van der Waals surface area contributed by atoms with Crippen LogP contribution in [0.15, 0.2) is 71.6 Å². The van der Waals surface area contributed by atoms with E-state index in [1.54, 1.807) is 42.5 Å². The lowest BCUT2D eigenvalue weighted by Gasteiger charge is -2.18. The SMILES string of the molecule is CN(C)c1cccc2c(S(=O)(=O)N[C@@H](Cc3ccccc3)C(=O)O)cccc12. The van der Waals surface area contributed by atoms with Gasteiger partial charge in [0.15, 0.2) is 0 Å². The molecule has 0 aliphatic heterocycles. The molecule has 146 valence electrons. The Bertz CT molecular complexity index is 1100. The van der Waals surface area contributed by atoms with Gasteiger partial charge >= 0.3 is 5.97 Å². The number of carbonyl (C=O) groups is 1. The van der Waals surface area contributed by atoms with Gasteiger partial charge in [0.1, 0.15) is 6.04 Å². The highest BCUT2D eigenvalue weighted by Gasteiger charge is 2.27. The molecule has 3 rings (SSSR count). The van der Waals surface area contributed by atoms with Crippen LogP contribution in [0.25, 0.3) is 10.8 Å². The third-order valence-corrected chi connectivity index (χ3v) is 6.04. The molecule has 0 saturated heterocycles. The number of carboxylic acid groups (broad SMARTS) is 1. The third-order valence-electron chi connectivity index (χ3n) is 4.51. The molecular formula is C21H22N2O4S. The van der Waals surface area contributed by atoms with Crippen molar-refractivity contribution in [3.63, 3.8) is 0 Å². The van der Waals surface area contributed by atoms with Crippen LogP contribution in [-0.4, -0.2) is 39.6 Å². The molecule has 0 fully saturated rings. The van der Waals surface area contributed by atoms with Gasteiger partial charge in [0.05, 0.1) is 4.90 Å². The average molecular weight is 398 g/mol. The molecule has 1 atom stereocenters. The van der Waals surface area contributed by atoms with Crippen molar-refractivity contribution in [2.75, 3.05) is 19.0 Å². The molecule has 0 bridgehead atoms. The molecule has 28 heavy (non-hydrogen) atoms. The lowest BCUT2D eigenvalue weighted by molar-refractivity contribution is -0.138. The van der Waals surface area contributed by atoms with Gasteiger partial charge in [-0.25, -0.2) is 8.42 Å². The van der Waals surface area contributed by atoms with Crippen LogP contribution in [0.4, 0.5) is 5.69 Å². The number of benzene rings is 3. The van der Waals surface area contributed by atoms with Gasteiger partial charge < -0.3 is 10.0 Å². The Labute approximate surface area is 164 Å². The number of nitrogens with zero attached hydrogens (tertiary/aromatic N) is 1. The number of hydrogen-bond acceptors (Lipinski definition) is 4. The second-order valence-electron chi connectivity index (χ2n) is 6.72. The van der Waals surface area contributed by atoms with Crippen LogP contribution in [0.2, 0.25) is 0 Å². The zero-order valence-electron chi connectivity index (χ0n) is 15.7. The molecule has 3 aromatic rings. The predicted molar refractivity (Wildman–Crippen MR) is 110 cm³/mol. The quantitative estimate of drug-likeness (QED) is 0.639. The van der Waals surface area contributed by atoms with Gasteiger partial charge in [-0.1, -0.05) is 54.6 Å². The summed E-state index contributed by atoms with van der Waals surface area (Å²) in [5, 5.41) is 10.9. The smallest absolute Gasteiger partial charge is 0.322 e. The van der Waals surface area contributed by atoms with Crippen LogP contribution in [0, 0.1) is 0 Å². The summed E-state index contributed by atoms with van der Waals surface area (Å²) in [5.74, 6) is -1.22. The molecule has 7 heteroatoms. The van der Waals surface area contributed by atoms with Gasteiger partial charge in [-0.2, -0.15) is 4.72 Å². The summed E-state index contributed by atoms with van der Waals surface area (Å²) in [5.41, 5.74) is 1.62. The van der Waals surface area contributed by atoms with Crippen molar-refractivity contribution >= 4 is 32.5 Å². The molecule has 3 aromatic carbocycles. The fraction of sp³-hybridized carbons (Fsp3) is 0.190. The minimum atomic E-state index is -4.04. The molecule has 0 spiro atoms. The fourth-order valence-corrected chi connectivity index (χ4v) is 4.58. The van der Waals surface area contributed by atoms with E-state index in [9.17, 15) is 18.3 Å². The standard InChI is InChI=1S/C21H22N2O4S/c1-23(2)19-12-6-11-17-16(19)10-7-13-20(17)28(26,27)22-18(21(24)25)14-15-8-4-3-5-9-15/h3-13,18,22H,14H2,1-2H3,(H,24,25)/t18-/m0/s1. The van der Waals surface area contributed by atoms with E-state index in [0.717, 1.165) is 16.6 Å². The highest BCUT2D eigenvalue weighted by molar-refractivity contribution is 7.89. The summed E-state index contributed by atoms with van der Waals surface area (Å²) in [6, 6.07) is 18.1. The molecule has 6 nitrogen and oxygen atoms in total. The summed E-state index contributed by atoms with van der Waals surface area (Å²) in [7, 11) is -0.276. The Morgan fingerprint density at radius 2 is 1.61 bits per heavy atom. The first-order chi connectivity index (χ1) is 13.3. The largest absolute Gasteiger partial charge is 0.480 e. The second-order valence-corrected chi connectivity index (χ2v) is 8.41. The van der Waals surface area contributed by atoms with Crippen LogP contribution in [0.3, 0.4) is 0 Å². The molecule has 0 saturated carbocycles. The van der Waals surface area contributed by atoms with Crippen molar-refractivity contribution in [3.05, 3.63) is 72.3 Å².